The number of benzene rings is 3. The number of hydrogen-bond donors (Lipinski definition) is 0. The van der Waals surface area contributed by atoms with Gasteiger partial charge in [-0.1, -0.05) is 41.4 Å². The van der Waals surface area contributed by atoms with Crippen molar-refractivity contribution < 1.29 is 24.0 Å². The number of carbonyl (C=O) groups excluding carboxylic acids is 3. The topological polar surface area (TPSA) is 110 Å². The lowest BCUT2D eigenvalue weighted by molar-refractivity contribution is -0.384. The van der Waals surface area contributed by atoms with E-state index in [1.807, 2.05) is 6.92 Å². The number of nitro groups is 1. The Labute approximate surface area is 222 Å². The number of halogens is 2. The van der Waals surface area contributed by atoms with Gasteiger partial charge in [0.25, 0.3) is 17.5 Å². The smallest absolute Gasteiger partial charge is 0.288 e. The molecule has 0 spiro atoms. The largest absolute Gasteiger partial charge is 0.494 e. The van der Waals surface area contributed by atoms with Crippen LogP contribution in [0.15, 0.2) is 66.7 Å². The van der Waals surface area contributed by atoms with E-state index in [0.717, 1.165) is 11.0 Å². The SMILES string of the molecule is CCOc1ccc(N2C(=O)CC(N(Cc3ccccc3Cl)C(=O)c3ccc(Cl)c([N+](=O)[O-])c3)C2=O)cc1. The van der Waals surface area contributed by atoms with Gasteiger partial charge in [0.05, 0.1) is 23.6 Å². The zero-order chi connectivity index (χ0) is 26.7. The minimum atomic E-state index is -1.16. The second-order valence-electron chi connectivity index (χ2n) is 8.16. The second-order valence-corrected chi connectivity index (χ2v) is 8.98. The zero-order valence-corrected chi connectivity index (χ0v) is 21.1. The molecule has 1 heterocycles. The third-order valence-corrected chi connectivity index (χ3v) is 6.54. The molecule has 37 heavy (non-hydrogen) atoms. The molecule has 1 fully saturated rings. The Morgan fingerprint density at radius 2 is 1.78 bits per heavy atom. The molecule has 0 radical (unpaired) electrons. The van der Waals surface area contributed by atoms with E-state index in [9.17, 15) is 24.5 Å². The Bertz CT molecular complexity index is 1380. The number of hydrogen-bond acceptors (Lipinski definition) is 6. The molecule has 0 aliphatic carbocycles. The predicted octanol–water partition coefficient (Wildman–Crippen LogP) is 5.27. The summed E-state index contributed by atoms with van der Waals surface area (Å²) in [5, 5.41) is 11.6. The molecule has 9 nitrogen and oxygen atoms in total. The molecule has 11 heteroatoms. The number of nitro benzene ring substituents is 1. The van der Waals surface area contributed by atoms with Gasteiger partial charge < -0.3 is 9.64 Å². The maximum atomic E-state index is 13.7. The molecule has 0 N–H and O–H groups in total. The van der Waals surface area contributed by atoms with Gasteiger partial charge in [-0.2, -0.15) is 0 Å². The lowest BCUT2D eigenvalue weighted by Crippen LogP contribution is -2.45. The summed E-state index contributed by atoms with van der Waals surface area (Å²) < 4.78 is 5.42. The summed E-state index contributed by atoms with van der Waals surface area (Å²) in [5.41, 5.74) is 0.381. The Morgan fingerprint density at radius 1 is 1.08 bits per heavy atom. The molecule has 1 atom stereocenters. The monoisotopic (exact) mass is 541 g/mol. The van der Waals surface area contributed by atoms with E-state index in [2.05, 4.69) is 0 Å². The van der Waals surface area contributed by atoms with E-state index < -0.39 is 34.4 Å². The number of amides is 3. The molecular formula is C26H21Cl2N3O6. The van der Waals surface area contributed by atoms with Crippen molar-refractivity contribution in [3.05, 3.63) is 98.0 Å². The van der Waals surface area contributed by atoms with Crippen LogP contribution in [-0.4, -0.2) is 40.2 Å². The molecule has 3 aromatic rings. The van der Waals surface area contributed by atoms with Crippen LogP contribution in [-0.2, 0) is 16.1 Å². The first kappa shape index (κ1) is 26.1. The highest BCUT2D eigenvalue weighted by atomic mass is 35.5. The normalized spacial score (nSPS) is 15.1. The molecule has 190 valence electrons. The molecule has 3 aromatic carbocycles. The number of ether oxygens (including phenoxy) is 1. The van der Waals surface area contributed by atoms with Gasteiger partial charge in [0, 0.05) is 23.2 Å². The Morgan fingerprint density at radius 3 is 2.43 bits per heavy atom. The second kappa shape index (κ2) is 11.0. The molecule has 1 unspecified atom stereocenters. The highest BCUT2D eigenvalue weighted by molar-refractivity contribution is 6.33. The third-order valence-electron chi connectivity index (χ3n) is 5.85. The molecule has 3 amide bonds. The van der Waals surface area contributed by atoms with Gasteiger partial charge in [-0.05, 0) is 55.0 Å². The minimum absolute atomic E-state index is 0.0529. The van der Waals surface area contributed by atoms with Gasteiger partial charge in [0.15, 0.2) is 0 Å². The van der Waals surface area contributed by atoms with Crippen molar-refractivity contribution in [1.82, 2.24) is 4.90 Å². The lowest BCUT2D eigenvalue weighted by Gasteiger charge is -2.28. The van der Waals surface area contributed by atoms with Crippen molar-refractivity contribution in [3.8, 4) is 5.75 Å². The first-order valence-corrected chi connectivity index (χ1v) is 12.0. The molecule has 1 aliphatic heterocycles. The van der Waals surface area contributed by atoms with Crippen molar-refractivity contribution in [2.24, 2.45) is 0 Å². The molecule has 1 saturated heterocycles. The standard InChI is InChI=1S/C26H21Cl2N3O6/c1-2-37-19-10-8-18(9-11-19)30-24(32)14-23(26(30)34)29(15-17-5-3-4-6-20(17)27)25(33)16-7-12-21(28)22(13-16)31(35)36/h3-13,23H,2,14-15H2,1H3. The van der Waals surface area contributed by atoms with Crippen LogP contribution in [0.1, 0.15) is 29.3 Å². The summed E-state index contributed by atoms with van der Waals surface area (Å²) in [5.74, 6) is -1.18. The predicted molar refractivity (Wildman–Crippen MR) is 138 cm³/mol. The third kappa shape index (κ3) is 5.42. The van der Waals surface area contributed by atoms with E-state index >= 15 is 0 Å². The van der Waals surface area contributed by atoms with Gasteiger partial charge >= 0.3 is 0 Å². The maximum Gasteiger partial charge on any atom is 0.288 e. The van der Waals surface area contributed by atoms with E-state index in [1.165, 1.54) is 17.0 Å². The molecule has 0 aromatic heterocycles. The summed E-state index contributed by atoms with van der Waals surface area (Å²) >= 11 is 12.2. The summed E-state index contributed by atoms with van der Waals surface area (Å²) in [4.78, 5) is 53.1. The number of imide groups is 1. The molecule has 4 rings (SSSR count). The number of anilines is 1. The van der Waals surface area contributed by atoms with Crippen LogP contribution in [0.2, 0.25) is 10.0 Å². The van der Waals surface area contributed by atoms with Gasteiger partial charge in [0.2, 0.25) is 5.91 Å². The van der Waals surface area contributed by atoms with Crippen molar-refractivity contribution in [2.75, 3.05) is 11.5 Å². The van der Waals surface area contributed by atoms with Crippen LogP contribution in [0.4, 0.5) is 11.4 Å². The Hall–Kier alpha value is -3.95. The highest BCUT2D eigenvalue weighted by Crippen LogP contribution is 2.31. The van der Waals surface area contributed by atoms with Crippen LogP contribution in [0.5, 0.6) is 5.75 Å². The zero-order valence-electron chi connectivity index (χ0n) is 19.6. The van der Waals surface area contributed by atoms with Crippen molar-refractivity contribution in [3.63, 3.8) is 0 Å². The van der Waals surface area contributed by atoms with E-state index in [4.69, 9.17) is 27.9 Å². The first-order chi connectivity index (χ1) is 17.7. The maximum absolute atomic E-state index is 13.7. The average Bonchev–Trinajstić information content (AvgIpc) is 3.17. The van der Waals surface area contributed by atoms with Crippen molar-refractivity contribution in [1.29, 1.82) is 0 Å². The fourth-order valence-electron chi connectivity index (χ4n) is 4.07. The van der Waals surface area contributed by atoms with Crippen LogP contribution in [0, 0.1) is 10.1 Å². The fourth-order valence-corrected chi connectivity index (χ4v) is 4.46. The number of carbonyl (C=O) groups is 3. The molecule has 1 aliphatic rings. The van der Waals surface area contributed by atoms with E-state index in [0.29, 0.717) is 28.6 Å². The van der Waals surface area contributed by atoms with E-state index in [-0.39, 0.29) is 23.6 Å². The summed E-state index contributed by atoms with van der Waals surface area (Å²) in [7, 11) is 0. The van der Waals surface area contributed by atoms with Gasteiger partial charge in [-0.15, -0.1) is 0 Å². The van der Waals surface area contributed by atoms with Crippen molar-refractivity contribution in [2.45, 2.75) is 25.9 Å². The van der Waals surface area contributed by atoms with Crippen molar-refractivity contribution >= 4 is 52.3 Å². The quantitative estimate of drug-likeness (QED) is 0.218. The van der Waals surface area contributed by atoms with E-state index in [1.54, 1.807) is 48.5 Å². The van der Waals surface area contributed by atoms with Crippen LogP contribution < -0.4 is 9.64 Å². The number of nitrogens with zero attached hydrogens (tertiary/aromatic N) is 3. The number of rotatable bonds is 8. The lowest BCUT2D eigenvalue weighted by atomic mass is 10.1. The summed E-state index contributed by atoms with van der Waals surface area (Å²) in [6, 6.07) is 15.7. The van der Waals surface area contributed by atoms with Gasteiger partial charge in [0.1, 0.15) is 16.8 Å². The van der Waals surface area contributed by atoms with Crippen LogP contribution in [0.3, 0.4) is 0 Å². The average molecular weight is 542 g/mol. The molecule has 0 saturated carbocycles. The molecule has 0 bridgehead atoms. The summed E-state index contributed by atoms with van der Waals surface area (Å²) in [6.45, 7) is 2.20. The highest BCUT2D eigenvalue weighted by Gasteiger charge is 2.45. The van der Waals surface area contributed by atoms with Gasteiger partial charge in [-0.25, -0.2) is 4.90 Å². The fraction of sp³-hybridized carbons (Fsp3) is 0.192. The summed E-state index contributed by atoms with van der Waals surface area (Å²) in [6.07, 6.45) is -0.266. The first-order valence-electron chi connectivity index (χ1n) is 11.3. The Kier molecular flexibility index (Phi) is 7.75. The Balaban J connectivity index is 1.71. The van der Waals surface area contributed by atoms with Crippen LogP contribution in [0.25, 0.3) is 0 Å². The minimum Gasteiger partial charge on any atom is -0.494 e. The molecular weight excluding hydrogens is 521 g/mol. The van der Waals surface area contributed by atoms with Gasteiger partial charge in [-0.3, -0.25) is 24.5 Å². The van der Waals surface area contributed by atoms with Crippen LogP contribution >= 0.6 is 23.2 Å².